The highest BCUT2D eigenvalue weighted by atomic mass is 16.5. The van der Waals surface area contributed by atoms with Gasteiger partial charge in [0.25, 0.3) is 0 Å². The van der Waals surface area contributed by atoms with Crippen molar-refractivity contribution < 1.29 is 24.5 Å². The lowest BCUT2D eigenvalue weighted by Crippen LogP contribution is -2.45. The smallest absolute Gasteiger partial charge is 0.305 e. The molecule has 0 aromatic carbocycles. The van der Waals surface area contributed by atoms with E-state index in [0.717, 1.165) is 57.8 Å². The molecule has 0 aliphatic carbocycles. The van der Waals surface area contributed by atoms with Crippen LogP contribution in [0.15, 0.2) is 24.3 Å². The molecule has 2 atom stereocenters. The monoisotopic (exact) mass is 860 g/mol. The molecule has 2 unspecified atom stereocenters. The molecule has 61 heavy (non-hydrogen) atoms. The van der Waals surface area contributed by atoms with Crippen LogP contribution < -0.4 is 5.32 Å². The van der Waals surface area contributed by atoms with E-state index in [-0.39, 0.29) is 18.5 Å². The number of esters is 1. The molecule has 0 radical (unpaired) electrons. The first-order valence-electron chi connectivity index (χ1n) is 27.1. The molecule has 0 saturated heterocycles. The number of rotatable bonds is 50. The molecule has 6 heteroatoms. The van der Waals surface area contributed by atoms with E-state index in [0.29, 0.717) is 19.4 Å². The van der Waals surface area contributed by atoms with Gasteiger partial charge in [-0.05, 0) is 57.8 Å². The summed E-state index contributed by atoms with van der Waals surface area (Å²) in [6, 6.07) is -0.635. The number of aliphatic hydroxyl groups is 2. The second-order valence-electron chi connectivity index (χ2n) is 18.6. The summed E-state index contributed by atoms with van der Waals surface area (Å²) in [4.78, 5) is 24.5. The lowest BCUT2D eigenvalue weighted by Gasteiger charge is -2.20. The molecule has 0 aliphatic heterocycles. The maximum atomic E-state index is 12.4. The van der Waals surface area contributed by atoms with Crippen molar-refractivity contribution in [2.24, 2.45) is 0 Å². The molecule has 0 aromatic heterocycles. The largest absolute Gasteiger partial charge is 0.466 e. The molecule has 0 bridgehead atoms. The van der Waals surface area contributed by atoms with Crippen molar-refractivity contribution in [2.45, 2.75) is 302 Å². The van der Waals surface area contributed by atoms with Crippen LogP contribution in [0, 0.1) is 0 Å². The first-order valence-corrected chi connectivity index (χ1v) is 27.1. The molecule has 0 spiro atoms. The Morgan fingerprint density at radius 3 is 1.16 bits per heavy atom. The van der Waals surface area contributed by atoms with E-state index in [9.17, 15) is 19.8 Å². The van der Waals surface area contributed by atoms with Gasteiger partial charge in [-0.25, -0.2) is 0 Å². The number of unbranched alkanes of at least 4 members (excludes halogenated alkanes) is 37. The molecule has 0 fully saturated rings. The summed E-state index contributed by atoms with van der Waals surface area (Å²) in [5.74, 6) is -0.0855. The van der Waals surface area contributed by atoms with Gasteiger partial charge >= 0.3 is 5.97 Å². The van der Waals surface area contributed by atoms with Gasteiger partial charge in [0.1, 0.15) is 0 Å². The van der Waals surface area contributed by atoms with Crippen molar-refractivity contribution in [3.8, 4) is 0 Å². The number of carbonyl (C=O) groups is 2. The summed E-state index contributed by atoms with van der Waals surface area (Å²) in [5, 5.41) is 23.0. The highest BCUT2D eigenvalue weighted by molar-refractivity contribution is 5.76. The number of aliphatic hydroxyl groups excluding tert-OH is 2. The van der Waals surface area contributed by atoms with Crippen LogP contribution in [0.5, 0.6) is 0 Å². The van der Waals surface area contributed by atoms with Gasteiger partial charge in [0.15, 0.2) is 0 Å². The molecule has 0 aliphatic rings. The second-order valence-corrected chi connectivity index (χ2v) is 18.6. The van der Waals surface area contributed by atoms with Crippen LogP contribution in [0.3, 0.4) is 0 Å². The first kappa shape index (κ1) is 59.3. The highest BCUT2D eigenvalue weighted by Gasteiger charge is 2.18. The Bertz CT molecular complexity index is 951. The third kappa shape index (κ3) is 47.7. The molecule has 0 heterocycles. The fourth-order valence-electron chi connectivity index (χ4n) is 8.27. The molecule has 6 nitrogen and oxygen atoms in total. The number of hydrogen-bond acceptors (Lipinski definition) is 5. The molecule has 3 N–H and O–H groups in total. The van der Waals surface area contributed by atoms with E-state index in [1.165, 1.54) is 205 Å². The maximum Gasteiger partial charge on any atom is 0.305 e. The Morgan fingerprint density at radius 1 is 0.443 bits per heavy atom. The Morgan fingerprint density at radius 2 is 0.770 bits per heavy atom. The Kier molecular flexibility index (Phi) is 49.6. The number of amides is 1. The molecular weight excluding hydrogens is 755 g/mol. The zero-order valence-corrected chi connectivity index (χ0v) is 40.9. The van der Waals surface area contributed by atoms with Crippen molar-refractivity contribution in [1.82, 2.24) is 5.32 Å². The fraction of sp³-hybridized carbons (Fsp3) is 0.891. The van der Waals surface area contributed by atoms with Crippen LogP contribution in [-0.4, -0.2) is 47.4 Å². The minimum absolute atomic E-state index is 0.00691. The fourth-order valence-corrected chi connectivity index (χ4v) is 8.27. The van der Waals surface area contributed by atoms with Gasteiger partial charge in [-0.15, -0.1) is 0 Å². The van der Waals surface area contributed by atoms with Gasteiger partial charge in [-0.1, -0.05) is 244 Å². The predicted molar refractivity (Wildman–Crippen MR) is 264 cm³/mol. The third-order valence-corrected chi connectivity index (χ3v) is 12.5. The van der Waals surface area contributed by atoms with E-state index in [1.807, 2.05) is 6.08 Å². The lowest BCUT2D eigenvalue weighted by molar-refractivity contribution is -0.143. The normalized spacial score (nSPS) is 12.8. The average molecular weight is 860 g/mol. The van der Waals surface area contributed by atoms with Crippen LogP contribution in [0.25, 0.3) is 0 Å². The van der Waals surface area contributed by atoms with Crippen molar-refractivity contribution in [3.05, 3.63) is 24.3 Å². The van der Waals surface area contributed by atoms with Crippen LogP contribution in [0.2, 0.25) is 0 Å². The minimum atomic E-state index is -0.850. The molecular formula is C55H105NO5. The van der Waals surface area contributed by atoms with Crippen LogP contribution in [0.4, 0.5) is 0 Å². The SMILES string of the molecule is CCCCCCCC/C=C\CCCCCCCCCC(=O)OCCCCCCCCCCCCCCCCC(=O)NC(CO)C(O)/C=C/CCCCCCCCCCCCC. The van der Waals surface area contributed by atoms with E-state index in [4.69, 9.17) is 4.74 Å². The third-order valence-electron chi connectivity index (χ3n) is 12.5. The number of carbonyl (C=O) groups excluding carboxylic acids is 2. The van der Waals surface area contributed by atoms with Gasteiger partial charge in [0, 0.05) is 12.8 Å². The molecule has 0 aromatic rings. The van der Waals surface area contributed by atoms with Crippen molar-refractivity contribution in [3.63, 3.8) is 0 Å². The van der Waals surface area contributed by atoms with Gasteiger partial charge in [-0.2, -0.15) is 0 Å². The standard InChI is InChI=1S/C55H105NO5/c1-3-5-7-9-11-13-15-17-18-19-20-25-29-33-37-41-45-49-55(60)61-50-46-42-38-34-30-26-22-21-24-28-32-36-40-44-48-54(59)56-52(51-57)53(58)47-43-39-35-31-27-23-16-14-12-10-8-6-4-2/h17-18,43,47,52-53,57-58H,3-16,19-42,44-46,48-51H2,1-2H3,(H,56,59)/b18-17-,47-43+. The van der Waals surface area contributed by atoms with E-state index >= 15 is 0 Å². The number of nitrogens with one attached hydrogen (secondary N) is 1. The van der Waals surface area contributed by atoms with Gasteiger partial charge in [0.2, 0.25) is 5.91 Å². The zero-order valence-electron chi connectivity index (χ0n) is 40.9. The first-order chi connectivity index (χ1) is 30.0. The molecule has 360 valence electrons. The van der Waals surface area contributed by atoms with E-state index in [1.54, 1.807) is 6.08 Å². The van der Waals surface area contributed by atoms with Crippen LogP contribution in [-0.2, 0) is 14.3 Å². The second kappa shape index (κ2) is 51.0. The topological polar surface area (TPSA) is 95.9 Å². The highest BCUT2D eigenvalue weighted by Crippen LogP contribution is 2.16. The maximum absolute atomic E-state index is 12.4. The lowest BCUT2D eigenvalue weighted by atomic mass is 10.0. The van der Waals surface area contributed by atoms with E-state index < -0.39 is 12.1 Å². The number of allylic oxidation sites excluding steroid dienone is 3. The summed E-state index contributed by atoms with van der Waals surface area (Å²) in [5.41, 5.74) is 0. The van der Waals surface area contributed by atoms with Crippen LogP contribution in [0.1, 0.15) is 290 Å². The van der Waals surface area contributed by atoms with Gasteiger partial charge < -0.3 is 20.3 Å². The van der Waals surface area contributed by atoms with Crippen LogP contribution >= 0.6 is 0 Å². The molecule has 0 rings (SSSR count). The Hall–Kier alpha value is -1.66. The predicted octanol–water partition coefficient (Wildman–Crippen LogP) is 16.3. The Labute approximate surface area is 380 Å². The van der Waals surface area contributed by atoms with Crippen molar-refractivity contribution in [2.75, 3.05) is 13.2 Å². The van der Waals surface area contributed by atoms with Gasteiger partial charge in [0.05, 0.1) is 25.4 Å². The molecule has 0 saturated carbocycles. The summed E-state index contributed by atoms with van der Waals surface area (Å²) in [6.07, 6.45) is 60.4. The summed E-state index contributed by atoms with van der Waals surface area (Å²) in [7, 11) is 0. The minimum Gasteiger partial charge on any atom is -0.466 e. The average Bonchev–Trinajstić information content (AvgIpc) is 3.26. The molecule has 1 amide bonds. The summed E-state index contributed by atoms with van der Waals surface area (Å²) < 4.78 is 5.47. The zero-order chi connectivity index (χ0) is 44.4. The quantitative estimate of drug-likeness (QED) is 0.0322. The van der Waals surface area contributed by atoms with Crippen molar-refractivity contribution >= 4 is 11.9 Å². The van der Waals surface area contributed by atoms with Gasteiger partial charge in [-0.3, -0.25) is 9.59 Å². The van der Waals surface area contributed by atoms with E-state index in [2.05, 4.69) is 31.3 Å². The number of ether oxygens (including phenoxy) is 1. The summed E-state index contributed by atoms with van der Waals surface area (Å²) >= 11 is 0. The van der Waals surface area contributed by atoms with Crippen molar-refractivity contribution in [1.29, 1.82) is 0 Å². The number of hydrogen-bond donors (Lipinski definition) is 3. The summed E-state index contributed by atoms with van der Waals surface area (Å²) in [6.45, 7) is 4.87. The Balaban J connectivity index is 3.45.